The fourth-order valence-corrected chi connectivity index (χ4v) is 4.83. The molecule has 2 heterocycles. The highest BCUT2D eigenvalue weighted by molar-refractivity contribution is 6.04. The number of amides is 2. The summed E-state index contributed by atoms with van der Waals surface area (Å²) >= 11 is 0. The van der Waals surface area contributed by atoms with E-state index < -0.39 is 29.9 Å². The second-order valence-electron chi connectivity index (χ2n) is 9.22. The zero-order chi connectivity index (χ0) is 25.2. The number of halogens is 2. The largest absolute Gasteiger partial charge is 0.394 e. The van der Waals surface area contributed by atoms with Crippen LogP contribution in [0.25, 0.3) is 0 Å². The molecular weight excluding hydrogens is 458 g/mol. The van der Waals surface area contributed by atoms with E-state index in [-0.39, 0.29) is 37.0 Å². The molecule has 1 saturated heterocycles. The van der Waals surface area contributed by atoms with Crippen molar-refractivity contribution in [2.24, 2.45) is 0 Å². The lowest BCUT2D eigenvalue weighted by molar-refractivity contribution is 0.0890. The summed E-state index contributed by atoms with van der Waals surface area (Å²) in [4.78, 5) is 29.3. The Morgan fingerprint density at radius 1 is 1.17 bits per heavy atom. The summed E-state index contributed by atoms with van der Waals surface area (Å²) in [6.07, 6.45) is 0.494. The van der Waals surface area contributed by atoms with Crippen molar-refractivity contribution >= 4 is 23.2 Å². The van der Waals surface area contributed by atoms with Crippen molar-refractivity contribution < 1.29 is 28.6 Å². The summed E-state index contributed by atoms with van der Waals surface area (Å²) < 4.78 is 27.6. The quantitative estimate of drug-likeness (QED) is 0.498. The summed E-state index contributed by atoms with van der Waals surface area (Å²) in [6, 6.07) is 8.43. The molecule has 188 valence electrons. The Hall–Kier alpha value is -3.24. The van der Waals surface area contributed by atoms with Gasteiger partial charge in [-0.3, -0.25) is 4.79 Å². The van der Waals surface area contributed by atoms with Gasteiger partial charge >= 0.3 is 6.03 Å². The van der Waals surface area contributed by atoms with Crippen LogP contribution in [-0.4, -0.2) is 71.9 Å². The number of anilines is 2. The molecular formula is C25H30F2N4O4. The molecule has 1 spiro atoms. The lowest BCUT2D eigenvalue weighted by Crippen LogP contribution is -2.59. The van der Waals surface area contributed by atoms with Crippen molar-refractivity contribution in [2.45, 2.75) is 37.5 Å². The van der Waals surface area contributed by atoms with Gasteiger partial charge in [0, 0.05) is 50.9 Å². The van der Waals surface area contributed by atoms with Crippen molar-refractivity contribution in [3.05, 3.63) is 59.2 Å². The zero-order valence-electron chi connectivity index (χ0n) is 19.6. The molecule has 0 aliphatic carbocycles. The maximum Gasteiger partial charge on any atom is 0.317 e. The number of ketones is 1. The van der Waals surface area contributed by atoms with E-state index in [2.05, 4.69) is 15.5 Å². The SMILES string of the molecule is CN1c2ccc(F)cc2C(=O)CC12CCN(C(=O)NCc1ccc(F)c(NC[C@H](O)CO)c1)CC2. The molecule has 35 heavy (non-hydrogen) atoms. The van der Waals surface area contributed by atoms with E-state index in [9.17, 15) is 23.5 Å². The predicted molar refractivity (Wildman–Crippen MR) is 128 cm³/mol. The third-order valence-electron chi connectivity index (χ3n) is 7.02. The average molecular weight is 489 g/mol. The second-order valence-corrected chi connectivity index (χ2v) is 9.22. The third-order valence-corrected chi connectivity index (χ3v) is 7.02. The van der Waals surface area contributed by atoms with E-state index in [1.807, 2.05) is 7.05 Å². The van der Waals surface area contributed by atoms with Crippen LogP contribution in [0, 0.1) is 11.6 Å². The molecule has 2 amide bonds. The number of hydrogen-bond acceptors (Lipinski definition) is 6. The van der Waals surface area contributed by atoms with Gasteiger partial charge in [0.1, 0.15) is 11.6 Å². The van der Waals surface area contributed by atoms with Crippen molar-refractivity contribution in [1.82, 2.24) is 10.2 Å². The van der Waals surface area contributed by atoms with Crippen molar-refractivity contribution in [3.8, 4) is 0 Å². The van der Waals surface area contributed by atoms with Gasteiger partial charge in [0.2, 0.25) is 0 Å². The summed E-state index contributed by atoms with van der Waals surface area (Å²) in [6.45, 7) is 0.686. The summed E-state index contributed by atoms with van der Waals surface area (Å²) in [5.74, 6) is -1.01. The summed E-state index contributed by atoms with van der Waals surface area (Å²) in [5, 5.41) is 23.9. The highest BCUT2D eigenvalue weighted by Crippen LogP contribution is 2.42. The molecule has 0 aromatic heterocycles. The first-order valence-electron chi connectivity index (χ1n) is 11.6. The molecule has 2 aliphatic rings. The van der Waals surface area contributed by atoms with Crippen LogP contribution in [0.15, 0.2) is 36.4 Å². The number of carbonyl (C=O) groups excluding carboxylic acids is 2. The molecule has 0 unspecified atom stereocenters. The topological polar surface area (TPSA) is 105 Å². The first kappa shape index (κ1) is 24.9. The molecule has 0 radical (unpaired) electrons. The van der Waals surface area contributed by atoms with Crippen LogP contribution in [0.3, 0.4) is 0 Å². The lowest BCUT2D eigenvalue weighted by Gasteiger charge is -2.50. The number of carbonyl (C=O) groups is 2. The van der Waals surface area contributed by atoms with E-state index >= 15 is 0 Å². The Morgan fingerprint density at radius 3 is 2.63 bits per heavy atom. The van der Waals surface area contributed by atoms with Crippen molar-refractivity contribution in [2.75, 3.05) is 43.5 Å². The zero-order valence-corrected chi connectivity index (χ0v) is 19.6. The van der Waals surface area contributed by atoms with Crippen LogP contribution in [0.5, 0.6) is 0 Å². The smallest absolute Gasteiger partial charge is 0.317 e. The van der Waals surface area contributed by atoms with E-state index in [0.29, 0.717) is 42.7 Å². The molecule has 10 heteroatoms. The molecule has 2 aliphatic heterocycles. The highest BCUT2D eigenvalue weighted by atomic mass is 19.1. The monoisotopic (exact) mass is 488 g/mol. The number of hydrogen-bond donors (Lipinski definition) is 4. The van der Waals surface area contributed by atoms with Gasteiger partial charge in [0.05, 0.1) is 23.9 Å². The van der Waals surface area contributed by atoms with Crippen LogP contribution in [0.4, 0.5) is 25.0 Å². The number of aliphatic hydroxyl groups is 2. The minimum Gasteiger partial charge on any atom is -0.394 e. The Morgan fingerprint density at radius 2 is 1.91 bits per heavy atom. The van der Waals surface area contributed by atoms with Crippen LogP contribution in [0.1, 0.15) is 35.2 Å². The van der Waals surface area contributed by atoms with E-state index in [0.717, 1.165) is 0 Å². The van der Waals surface area contributed by atoms with Gasteiger partial charge in [-0.05, 0) is 48.7 Å². The van der Waals surface area contributed by atoms with Gasteiger partial charge < -0.3 is 30.6 Å². The third kappa shape index (κ3) is 5.23. The summed E-state index contributed by atoms with van der Waals surface area (Å²) in [7, 11) is 1.92. The standard InChI is InChI=1S/C25H30F2N4O4/c1-30-22-5-3-17(26)11-19(22)23(34)12-25(30)6-8-31(9-7-25)24(35)29-13-16-2-4-20(27)21(10-16)28-14-18(33)15-32/h2-5,10-11,18,28,32-33H,6-9,12-15H2,1H3,(H,29,35)/t18-/m0/s1. The van der Waals surface area contributed by atoms with Crippen LogP contribution < -0.4 is 15.5 Å². The summed E-state index contributed by atoms with van der Waals surface area (Å²) in [5.41, 5.74) is 1.56. The van der Waals surface area contributed by atoms with E-state index in [1.165, 1.54) is 18.2 Å². The number of benzene rings is 2. The van der Waals surface area contributed by atoms with Gasteiger partial charge in [0.25, 0.3) is 0 Å². The Bertz CT molecular complexity index is 1100. The number of urea groups is 1. The maximum atomic E-state index is 14.0. The molecule has 4 N–H and O–H groups in total. The number of likely N-dealkylation sites (tertiary alicyclic amines) is 1. The molecule has 1 atom stereocenters. The molecule has 8 nitrogen and oxygen atoms in total. The minimum atomic E-state index is -1.01. The molecule has 0 bridgehead atoms. The van der Waals surface area contributed by atoms with Crippen molar-refractivity contribution in [1.29, 1.82) is 0 Å². The van der Waals surface area contributed by atoms with E-state index in [4.69, 9.17) is 5.11 Å². The maximum absolute atomic E-state index is 14.0. The van der Waals surface area contributed by atoms with Gasteiger partial charge in [0.15, 0.2) is 5.78 Å². The van der Waals surface area contributed by atoms with Crippen molar-refractivity contribution in [3.63, 3.8) is 0 Å². The number of rotatable bonds is 6. The van der Waals surface area contributed by atoms with Crippen LogP contribution >= 0.6 is 0 Å². The average Bonchev–Trinajstić information content (AvgIpc) is 2.86. The normalized spacial score (nSPS) is 17.8. The highest BCUT2D eigenvalue weighted by Gasteiger charge is 2.45. The van der Waals surface area contributed by atoms with Gasteiger partial charge in [-0.25, -0.2) is 13.6 Å². The van der Waals surface area contributed by atoms with Gasteiger partial charge in [-0.15, -0.1) is 0 Å². The number of nitrogens with zero attached hydrogens (tertiary/aromatic N) is 2. The number of Topliss-reactive ketones (excluding diaryl/α,β-unsaturated/α-hetero) is 1. The predicted octanol–water partition coefficient (Wildman–Crippen LogP) is 2.50. The Balaban J connectivity index is 1.34. The molecule has 4 rings (SSSR count). The fourth-order valence-electron chi connectivity index (χ4n) is 4.83. The Labute approximate surface area is 202 Å². The molecule has 0 saturated carbocycles. The van der Waals surface area contributed by atoms with Gasteiger partial charge in [-0.1, -0.05) is 6.07 Å². The van der Waals surface area contributed by atoms with Crippen LogP contribution in [0.2, 0.25) is 0 Å². The molecule has 1 fully saturated rings. The second kappa shape index (κ2) is 10.2. The number of piperidine rings is 1. The Kier molecular flexibility index (Phi) is 7.23. The molecule has 2 aromatic rings. The number of nitrogens with one attached hydrogen (secondary N) is 2. The fraction of sp³-hybridized carbons (Fsp3) is 0.440. The molecule has 2 aromatic carbocycles. The number of aliphatic hydroxyl groups excluding tert-OH is 2. The van der Waals surface area contributed by atoms with Gasteiger partial charge in [-0.2, -0.15) is 0 Å². The van der Waals surface area contributed by atoms with E-state index in [1.54, 1.807) is 23.1 Å². The first-order valence-corrected chi connectivity index (χ1v) is 11.6. The van der Waals surface area contributed by atoms with Crippen LogP contribution in [-0.2, 0) is 6.54 Å². The minimum absolute atomic E-state index is 0.00484. The number of fused-ring (bicyclic) bond motifs is 1. The lowest BCUT2D eigenvalue weighted by atomic mass is 9.77. The first-order chi connectivity index (χ1) is 16.7.